The molecule has 10 heavy (non-hydrogen) atoms. The Bertz CT molecular complexity index is 52.2. The molecule has 3 N–H and O–H groups in total. The van der Waals surface area contributed by atoms with Crippen LogP contribution in [0, 0.1) is 0 Å². The van der Waals surface area contributed by atoms with E-state index < -0.39 is 0 Å². The lowest BCUT2D eigenvalue weighted by atomic mass is 10.4. The number of rotatable bonds is 4. The highest BCUT2D eigenvalue weighted by Gasteiger charge is 1.89. The number of hydrogen-bond acceptors (Lipinski definition) is 2. The van der Waals surface area contributed by atoms with Gasteiger partial charge in [0.1, 0.15) is 0 Å². The summed E-state index contributed by atoms with van der Waals surface area (Å²) in [6, 6.07) is 0. The molecule has 0 aliphatic rings. The summed E-state index contributed by atoms with van der Waals surface area (Å²) in [5, 5.41) is 3.18. The first-order valence-electron chi connectivity index (χ1n) is 2.85. The normalized spacial score (nSPS) is 11.1. The van der Waals surface area contributed by atoms with E-state index in [9.17, 15) is 0 Å². The van der Waals surface area contributed by atoms with E-state index in [1.165, 1.54) is 0 Å². The minimum absolute atomic E-state index is 0. The molecule has 2 nitrogen and oxygen atoms in total. The number of nitrogens with one attached hydrogen (secondary N) is 1. The Labute approximate surface area is 92.0 Å². The second kappa shape index (κ2) is 13.0. The molecule has 0 aliphatic heterocycles. The van der Waals surface area contributed by atoms with Crippen molar-refractivity contribution in [2.24, 2.45) is 5.73 Å². The van der Waals surface area contributed by atoms with E-state index in [4.69, 9.17) is 5.73 Å². The molecule has 0 aromatic heterocycles. The Hall–Kier alpha value is 1.36. The maximum absolute atomic E-state index is 5.26. The van der Waals surface area contributed by atoms with Crippen LogP contribution in [0.1, 0.15) is 13.3 Å². The molecule has 0 amide bonds. The molecule has 0 aliphatic carbocycles. The summed E-state index contributed by atoms with van der Waals surface area (Å²) in [5.74, 6) is 0. The zero-order chi connectivity index (χ0) is 6.41. The molecular weight excluding hydrogens is 328 g/mol. The molecule has 0 radical (unpaired) electrons. The molecule has 66 valence electrons. The fourth-order valence-electron chi connectivity index (χ4n) is 0.403. The van der Waals surface area contributed by atoms with Gasteiger partial charge in [0.15, 0.2) is 0 Å². The van der Waals surface area contributed by atoms with Gasteiger partial charge in [-0.2, -0.15) is 0 Å². The highest BCUT2D eigenvalue weighted by atomic mass is 79.9. The van der Waals surface area contributed by atoms with Gasteiger partial charge >= 0.3 is 0 Å². The molecule has 1 atom stereocenters. The third kappa shape index (κ3) is 16.2. The van der Waals surface area contributed by atoms with Crippen molar-refractivity contribution in [2.75, 3.05) is 13.1 Å². The van der Waals surface area contributed by atoms with Gasteiger partial charge in [0, 0.05) is 0 Å². The van der Waals surface area contributed by atoms with Gasteiger partial charge in [-0.15, -0.1) is 34.0 Å². The molecule has 0 aromatic rings. The Balaban J connectivity index is -0.000000245. The minimum atomic E-state index is 0. The summed E-state index contributed by atoms with van der Waals surface area (Å²) >= 11 is 3.35. The zero-order valence-corrected chi connectivity index (χ0v) is 11.0. The fourth-order valence-corrected chi connectivity index (χ4v) is 0.632. The fraction of sp³-hybridized carbons (Fsp3) is 1.00. The first-order chi connectivity index (χ1) is 3.77. The summed E-state index contributed by atoms with van der Waals surface area (Å²) in [5.41, 5.74) is 5.26. The molecule has 0 spiro atoms. The first-order valence-corrected chi connectivity index (χ1v) is 3.76. The van der Waals surface area contributed by atoms with E-state index in [0.29, 0.717) is 4.95 Å². The monoisotopic (exact) mass is 340 g/mol. The lowest BCUT2D eigenvalue weighted by Gasteiger charge is -2.03. The van der Waals surface area contributed by atoms with Gasteiger partial charge in [-0.05, 0) is 26.4 Å². The summed E-state index contributed by atoms with van der Waals surface area (Å²) in [4.78, 5) is 0.411. The average Bonchev–Trinajstić information content (AvgIpc) is 1.66. The van der Waals surface area contributed by atoms with Crippen LogP contribution in [0.5, 0.6) is 0 Å². The number of halogens is 3. The number of nitrogens with two attached hydrogens (primary N) is 1. The maximum atomic E-state index is 5.26. The van der Waals surface area contributed by atoms with Crippen molar-refractivity contribution in [2.45, 2.75) is 18.3 Å². The molecule has 5 heteroatoms. The van der Waals surface area contributed by atoms with Crippen molar-refractivity contribution in [3.05, 3.63) is 0 Å². The van der Waals surface area contributed by atoms with E-state index in [1.54, 1.807) is 0 Å². The van der Waals surface area contributed by atoms with Crippen LogP contribution in [-0.4, -0.2) is 18.0 Å². The van der Waals surface area contributed by atoms with Crippen LogP contribution in [-0.2, 0) is 0 Å². The van der Waals surface area contributed by atoms with Crippen molar-refractivity contribution < 1.29 is 0 Å². The highest BCUT2D eigenvalue weighted by Crippen LogP contribution is 1.89. The van der Waals surface area contributed by atoms with E-state index in [0.717, 1.165) is 19.5 Å². The first kappa shape index (κ1) is 17.4. The second-order valence-corrected chi connectivity index (χ2v) is 3.09. The molecule has 0 fully saturated rings. The van der Waals surface area contributed by atoms with Gasteiger partial charge in [0.05, 0.1) is 4.95 Å². The van der Waals surface area contributed by atoms with E-state index in [2.05, 4.69) is 28.2 Å². The average molecular weight is 343 g/mol. The third-order valence-electron chi connectivity index (χ3n) is 0.807. The number of hydrogen-bond donors (Lipinski definition) is 2. The molecule has 0 aromatic carbocycles. The third-order valence-corrected chi connectivity index (χ3v) is 1.13. The van der Waals surface area contributed by atoms with Crippen molar-refractivity contribution in [1.82, 2.24) is 5.32 Å². The summed E-state index contributed by atoms with van der Waals surface area (Å²) in [7, 11) is 0. The van der Waals surface area contributed by atoms with Gasteiger partial charge in [0.2, 0.25) is 0 Å². The Morgan fingerprint density at radius 3 is 2.30 bits per heavy atom. The lowest BCUT2D eigenvalue weighted by molar-refractivity contribution is 0.658. The van der Waals surface area contributed by atoms with Gasteiger partial charge < -0.3 is 11.1 Å². The summed E-state index contributed by atoms with van der Waals surface area (Å²) in [6.45, 7) is 3.83. The van der Waals surface area contributed by atoms with Crippen LogP contribution in [0.4, 0.5) is 0 Å². The summed E-state index contributed by atoms with van der Waals surface area (Å²) < 4.78 is 0. The van der Waals surface area contributed by atoms with Gasteiger partial charge in [-0.1, -0.05) is 15.9 Å². The highest BCUT2D eigenvalue weighted by molar-refractivity contribution is 9.09. The molecular formula is C5H15Br3N2. The van der Waals surface area contributed by atoms with Gasteiger partial charge in [0.25, 0.3) is 0 Å². The quantitative estimate of drug-likeness (QED) is 0.464. The molecule has 0 saturated heterocycles. The summed E-state index contributed by atoms with van der Waals surface area (Å²) in [6.07, 6.45) is 1.05. The topological polar surface area (TPSA) is 38.0 Å². The molecule has 0 bridgehead atoms. The number of alkyl halides is 1. The minimum Gasteiger partial charge on any atom is -0.330 e. The zero-order valence-electron chi connectivity index (χ0n) is 5.97. The van der Waals surface area contributed by atoms with Crippen LogP contribution in [0.3, 0.4) is 0 Å². The molecule has 0 rings (SSSR count). The molecule has 1 unspecified atom stereocenters. The van der Waals surface area contributed by atoms with Crippen LogP contribution < -0.4 is 11.1 Å². The Morgan fingerprint density at radius 2 is 2.00 bits per heavy atom. The predicted molar refractivity (Wildman–Crippen MR) is 60.7 cm³/mol. The van der Waals surface area contributed by atoms with Crippen LogP contribution in [0.25, 0.3) is 0 Å². The largest absolute Gasteiger partial charge is 0.330 e. The van der Waals surface area contributed by atoms with Crippen molar-refractivity contribution in [1.29, 1.82) is 0 Å². The van der Waals surface area contributed by atoms with Crippen LogP contribution >= 0.6 is 49.9 Å². The van der Waals surface area contributed by atoms with Gasteiger partial charge in [-0.3, -0.25) is 0 Å². The van der Waals surface area contributed by atoms with E-state index in [1.807, 2.05) is 0 Å². The van der Waals surface area contributed by atoms with Crippen molar-refractivity contribution in [3.63, 3.8) is 0 Å². The Morgan fingerprint density at radius 1 is 1.50 bits per heavy atom. The maximum Gasteiger partial charge on any atom is 0.0602 e. The van der Waals surface area contributed by atoms with Crippen molar-refractivity contribution in [3.8, 4) is 0 Å². The predicted octanol–water partition coefficient (Wildman–Crippen LogP) is 1.82. The lowest BCUT2D eigenvalue weighted by Crippen LogP contribution is -2.22. The smallest absolute Gasteiger partial charge is 0.0602 e. The van der Waals surface area contributed by atoms with Crippen LogP contribution in [0.2, 0.25) is 0 Å². The second-order valence-electron chi connectivity index (χ2n) is 1.71. The van der Waals surface area contributed by atoms with Crippen LogP contribution in [0.15, 0.2) is 0 Å². The SMILES string of the molecule is Br.Br.CC(Br)NCCCN. The van der Waals surface area contributed by atoms with E-state index in [-0.39, 0.29) is 34.0 Å². The van der Waals surface area contributed by atoms with Gasteiger partial charge in [-0.25, -0.2) is 0 Å². The Kier molecular flexibility index (Phi) is 22.7. The molecule has 0 saturated carbocycles. The molecule has 0 heterocycles. The standard InChI is InChI=1S/C5H13BrN2.2BrH/c1-5(6)8-4-2-3-7;;/h5,8H,2-4,7H2,1H3;2*1H. The van der Waals surface area contributed by atoms with Crippen molar-refractivity contribution >= 4 is 49.9 Å². The van der Waals surface area contributed by atoms with E-state index >= 15 is 0 Å².